The first-order valence-electron chi connectivity index (χ1n) is 2.90. The minimum atomic E-state index is 0.250. The molecular formula is C6H12O3. The summed E-state index contributed by atoms with van der Waals surface area (Å²) in [4.78, 5) is 16.2. The van der Waals surface area contributed by atoms with Gasteiger partial charge in [-0.3, -0.25) is 0 Å². The SMILES string of the molecule is CCCOCC.O=C=O. The van der Waals surface area contributed by atoms with Crippen LogP contribution >= 0.6 is 0 Å². The molecule has 0 radical (unpaired) electrons. The first kappa shape index (κ1) is 11.2. The normalized spacial score (nSPS) is 6.89. The number of hydrogen-bond donors (Lipinski definition) is 0. The van der Waals surface area contributed by atoms with Crippen molar-refractivity contribution in [2.45, 2.75) is 20.3 Å². The third-order valence-electron chi connectivity index (χ3n) is 0.553. The molecule has 9 heavy (non-hydrogen) atoms. The van der Waals surface area contributed by atoms with Gasteiger partial charge in [-0.2, -0.15) is 9.59 Å². The van der Waals surface area contributed by atoms with E-state index in [0.29, 0.717) is 0 Å². The van der Waals surface area contributed by atoms with Crippen LogP contribution < -0.4 is 0 Å². The summed E-state index contributed by atoms with van der Waals surface area (Å²) in [7, 11) is 0. The van der Waals surface area contributed by atoms with Gasteiger partial charge in [-0.25, -0.2) is 0 Å². The van der Waals surface area contributed by atoms with E-state index >= 15 is 0 Å². The molecule has 0 amide bonds. The summed E-state index contributed by atoms with van der Waals surface area (Å²) < 4.78 is 4.98. The van der Waals surface area contributed by atoms with Crippen molar-refractivity contribution in [3.63, 3.8) is 0 Å². The molecule has 0 aliphatic heterocycles. The van der Waals surface area contributed by atoms with Gasteiger partial charge in [0.2, 0.25) is 0 Å². The summed E-state index contributed by atoms with van der Waals surface area (Å²) >= 11 is 0. The van der Waals surface area contributed by atoms with Gasteiger partial charge in [0, 0.05) is 13.2 Å². The molecule has 0 unspecified atom stereocenters. The van der Waals surface area contributed by atoms with E-state index in [1.807, 2.05) is 6.92 Å². The molecule has 0 fully saturated rings. The summed E-state index contributed by atoms with van der Waals surface area (Å²) in [5.41, 5.74) is 0. The quantitative estimate of drug-likeness (QED) is 0.534. The van der Waals surface area contributed by atoms with Crippen LogP contribution in [0.2, 0.25) is 0 Å². The van der Waals surface area contributed by atoms with Gasteiger partial charge in [0.25, 0.3) is 0 Å². The van der Waals surface area contributed by atoms with Crippen LogP contribution in [0.5, 0.6) is 0 Å². The zero-order valence-electron chi connectivity index (χ0n) is 5.85. The highest BCUT2D eigenvalue weighted by Gasteiger charge is 1.72. The Balaban J connectivity index is 0. The third kappa shape index (κ3) is 38.2. The van der Waals surface area contributed by atoms with Gasteiger partial charge in [0.15, 0.2) is 0 Å². The van der Waals surface area contributed by atoms with Gasteiger partial charge in [-0.05, 0) is 13.3 Å². The van der Waals surface area contributed by atoms with E-state index < -0.39 is 0 Å². The molecule has 0 heterocycles. The number of carbonyl (C=O) groups excluding carboxylic acids is 2. The van der Waals surface area contributed by atoms with E-state index in [4.69, 9.17) is 14.3 Å². The highest BCUT2D eigenvalue weighted by Crippen LogP contribution is 1.75. The number of hydrogen-bond acceptors (Lipinski definition) is 3. The molecule has 3 nitrogen and oxygen atoms in total. The highest BCUT2D eigenvalue weighted by atomic mass is 16.5. The Morgan fingerprint density at radius 3 is 1.89 bits per heavy atom. The van der Waals surface area contributed by atoms with Crippen molar-refractivity contribution in [1.82, 2.24) is 0 Å². The second kappa shape index (κ2) is 15.7. The zero-order chi connectivity index (χ0) is 7.54. The van der Waals surface area contributed by atoms with E-state index in [1.54, 1.807) is 0 Å². The van der Waals surface area contributed by atoms with E-state index in [0.717, 1.165) is 19.6 Å². The van der Waals surface area contributed by atoms with Crippen LogP contribution in [0.1, 0.15) is 20.3 Å². The van der Waals surface area contributed by atoms with Crippen LogP contribution in [0.4, 0.5) is 0 Å². The van der Waals surface area contributed by atoms with Gasteiger partial charge in [0.1, 0.15) is 0 Å². The van der Waals surface area contributed by atoms with Crippen molar-refractivity contribution in [2.24, 2.45) is 0 Å². The largest absolute Gasteiger partial charge is 0.382 e. The molecule has 0 aromatic rings. The summed E-state index contributed by atoms with van der Waals surface area (Å²) in [5, 5.41) is 0. The molecule has 0 aliphatic carbocycles. The predicted octanol–water partition coefficient (Wildman–Crippen LogP) is 0.849. The lowest BCUT2D eigenvalue weighted by Gasteiger charge is -1.91. The second-order valence-electron chi connectivity index (χ2n) is 1.28. The van der Waals surface area contributed by atoms with Crippen molar-refractivity contribution in [2.75, 3.05) is 13.2 Å². The fourth-order valence-corrected chi connectivity index (χ4v) is 0.289. The maximum atomic E-state index is 8.12. The van der Waals surface area contributed by atoms with Crippen molar-refractivity contribution in [3.8, 4) is 0 Å². The molecule has 0 atom stereocenters. The lowest BCUT2D eigenvalue weighted by molar-refractivity contribution is -0.191. The smallest absolute Gasteiger partial charge is 0.373 e. The standard InChI is InChI=1S/C5H12O.CO2/c1-3-5-6-4-2;2-1-3/h3-5H2,1-2H3;. The van der Waals surface area contributed by atoms with Crippen LogP contribution in [0, 0.1) is 0 Å². The fraction of sp³-hybridized carbons (Fsp3) is 0.833. The fourth-order valence-electron chi connectivity index (χ4n) is 0.289. The Morgan fingerprint density at radius 2 is 1.78 bits per heavy atom. The van der Waals surface area contributed by atoms with E-state index in [-0.39, 0.29) is 6.15 Å². The van der Waals surface area contributed by atoms with E-state index in [1.165, 1.54) is 0 Å². The van der Waals surface area contributed by atoms with Gasteiger partial charge < -0.3 is 4.74 Å². The highest BCUT2D eigenvalue weighted by molar-refractivity contribution is 5.20. The second-order valence-corrected chi connectivity index (χ2v) is 1.28. The lowest BCUT2D eigenvalue weighted by Crippen LogP contribution is -1.88. The molecule has 54 valence electrons. The maximum Gasteiger partial charge on any atom is 0.373 e. The molecule has 3 heteroatoms. The molecule has 0 aromatic heterocycles. The molecule has 0 saturated carbocycles. The van der Waals surface area contributed by atoms with E-state index in [2.05, 4.69) is 6.92 Å². The molecule has 0 rings (SSSR count). The summed E-state index contributed by atoms with van der Waals surface area (Å²) in [5.74, 6) is 0. The topological polar surface area (TPSA) is 43.4 Å². The Labute approximate surface area is 55.0 Å². The predicted molar refractivity (Wildman–Crippen MR) is 31.8 cm³/mol. The van der Waals surface area contributed by atoms with Crippen molar-refractivity contribution in [3.05, 3.63) is 0 Å². The van der Waals surface area contributed by atoms with Crippen LogP contribution in [0.15, 0.2) is 0 Å². The summed E-state index contributed by atoms with van der Waals surface area (Å²) in [6.45, 7) is 5.88. The van der Waals surface area contributed by atoms with Crippen molar-refractivity contribution < 1.29 is 14.3 Å². The minimum absolute atomic E-state index is 0.250. The molecule has 0 aliphatic rings. The molecule has 0 spiro atoms. The monoisotopic (exact) mass is 132 g/mol. The van der Waals surface area contributed by atoms with Crippen molar-refractivity contribution >= 4 is 6.15 Å². The van der Waals surface area contributed by atoms with Gasteiger partial charge >= 0.3 is 6.15 Å². The Bertz CT molecular complexity index is 60.7. The van der Waals surface area contributed by atoms with Crippen LogP contribution in [-0.4, -0.2) is 19.4 Å². The first-order valence-corrected chi connectivity index (χ1v) is 2.90. The average molecular weight is 132 g/mol. The first-order chi connectivity index (χ1) is 4.33. The van der Waals surface area contributed by atoms with E-state index in [9.17, 15) is 0 Å². The van der Waals surface area contributed by atoms with Gasteiger partial charge in [0.05, 0.1) is 0 Å². The van der Waals surface area contributed by atoms with Gasteiger partial charge in [-0.15, -0.1) is 0 Å². The molecule has 0 bridgehead atoms. The summed E-state index contributed by atoms with van der Waals surface area (Å²) in [6.07, 6.45) is 1.38. The lowest BCUT2D eigenvalue weighted by atomic mass is 10.5. The molecule has 0 saturated heterocycles. The number of ether oxygens (including phenoxy) is 1. The third-order valence-corrected chi connectivity index (χ3v) is 0.553. The van der Waals surface area contributed by atoms with Crippen LogP contribution in [0.3, 0.4) is 0 Å². The molecule has 0 N–H and O–H groups in total. The summed E-state index contributed by atoms with van der Waals surface area (Å²) in [6, 6.07) is 0. The molecule has 0 aromatic carbocycles. The van der Waals surface area contributed by atoms with Crippen LogP contribution in [0.25, 0.3) is 0 Å². The van der Waals surface area contributed by atoms with Crippen LogP contribution in [-0.2, 0) is 14.3 Å². The van der Waals surface area contributed by atoms with Crippen molar-refractivity contribution in [1.29, 1.82) is 0 Å². The Morgan fingerprint density at radius 1 is 1.33 bits per heavy atom. The average Bonchev–Trinajstić information content (AvgIpc) is 1.86. The maximum absolute atomic E-state index is 8.12. The molecular weight excluding hydrogens is 120 g/mol. The minimum Gasteiger partial charge on any atom is -0.382 e. The number of rotatable bonds is 3. The van der Waals surface area contributed by atoms with Gasteiger partial charge in [-0.1, -0.05) is 6.92 Å². The Kier molecular flexibility index (Phi) is 19.5. The zero-order valence-corrected chi connectivity index (χ0v) is 5.85. The Hall–Kier alpha value is -0.660.